The Bertz CT molecular complexity index is 600. The van der Waals surface area contributed by atoms with Crippen LogP contribution < -0.4 is 5.32 Å². The van der Waals surface area contributed by atoms with Crippen LogP contribution in [-0.4, -0.2) is 55.3 Å². The Balaban J connectivity index is 1.63. The Kier molecular flexibility index (Phi) is 5.84. The molecule has 0 spiro atoms. The first kappa shape index (κ1) is 17.8. The Labute approximate surface area is 151 Å². The molecule has 1 saturated heterocycles. The van der Waals surface area contributed by atoms with E-state index in [0.29, 0.717) is 18.4 Å². The number of nitrogens with one attached hydrogen (secondary N) is 1. The topological polar surface area (TPSA) is 58.6 Å². The van der Waals surface area contributed by atoms with Gasteiger partial charge in [0.2, 0.25) is 5.91 Å². The van der Waals surface area contributed by atoms with Gasteiger partial charge in [0.15, 0.2) is 0 Å². The number of methoxy groups -OCH3 is 1. The maximum absolute atomic E-state index is 12.6. The zero-order valence-corrected chi connectivity index (χ0v) is 15.8. The lowest BCUT2D eigenvalue weighted by Gasteiger charge is -2.18. The number of likely N-dealkylation sites (tertiary alicyclic amines) is 1. The Morgan fingerprint density at radius 2 is 2.17 bits per heavy atom. The molecule has 5 nitrogen and oxygen atoms in total. The highest BCUT2D eigenvalue weighted by Crippen LogP contribution is 2.41. The molecule has 24 heavy (non-hydrogen) atoms. The molecule has 132 valence electrons. The van der Waals surface area contributed by atoms with Crippen LogP contribution in [0.25, 0.3) is 0 Å². The molecule has 1 saturated carbocycles. The highest BCUT2D eigenvalue weighted by Gasteiger charge is 2.44. The lowest BCUT2D eigenvalue weighted by Crippen LogP contribution is -2.41. The van der Waals surface area contributed by atoms with E-state index in [2.05, 4.69) is 12.2 Å². The van der Waals surface area contributed by atoms with Gasteiger partial charge in [-0.15, -0.1) is 23.1 Å². The number of nitrogens with zero attached hydrogens (tertiary/aromatic N) is 1. The largest absolute Gasteiger partial charge is 0.375 e. The van der Waals surface area contributed by atoms with Crippen LogP contribution in [0.3, 0.4) is 0 Å². The summed E-state index contributed by atoms with van der Waals surface area (Å²) in [7, 11) is 1.54. The minimum Gasteiger partial charge on any atom is -0.375 e. The van der Waals surface area contributed by atoms with Crippen LogP contribution in [0, 0.1) is 11.8 Å². The maximum Gasteiger partial charge on any atom is 0.261 e. The number of ether oxygens (including phenoxy) is 1. The first-order valence-corrected chi connectivity index (χ1v) is 10.2. The summed E-state index contributed by atoms with van der Waals surface area (Å²) < 4.78 is 6.13. The van der Waals surface area contributed by atoms with E-state index in [1.807, 2.05) is 17.0 Å². The fourth-order valence-electron chi connectivity index (χ4n) is 3.30. The van der Waals surface area contributed by atoms with Gasteiger partial charge in [0.1, 0.15) is 6.61 Å². The average Bonchev–Trinajstić information content (AvgIpc) is 3.14. The van der Waals surface area contributed by atoms with Crippen LogP contribution in [-0.2, 0) is 9.53 Å². The zero-order valence-electron chi connectivity index (χ0n) is 14.1. The van der Waals surface area contributed by atoms with Gasteiger partial charge in [0.25, 0.3) is 5.91 Å². The minimum atomic E-state index is -0.0142. The average molecular weight is 369 g/mol. The van der Waals surface area contributed by atoms with Crippen LogP contribution in [0.15, 0.2) is 16.3 Å². The Morgan fingerprint density at radius 3 is 2.83 bits per heavy atom. The summed E-state index contributed by atoms with van der Waals surface area (Å²) in [6.45, 7) is 3.55. The summed E-state index contributed by atoms with van der Waals surface area (Å²) in [5.41, 5.74) is 0. The van der Waals surface area contributed by atoms with Gasteiger partial charge in [-0.1, -0.05) is 6.92 Å². The van der Waals surface area contributed by atoms with Crippen molar-refractivity contribution in [3.05, 3.63) is 17.0 Å². The van der Waals surface area contributed by atoms with Crippen LogP contribution in [0.1, 0.15) is 29.4 Å². The number of hydrogen-bond donors (Lipinski definition) is 1. The summed E-state index contributed by atoms with van der Waals surface area (Å²) in [4.78, 5) is 27.3. The molecule has 2 atom stereocenters. The standard InChI is InChI=1S/C17H24N2O3S2/c1-3-23-16-7-6-14(24-16)17(21)18-13-9-19(15(20)10-22-2)8-12(13)11-4-5-11/h6-7,11-13H,3-5,8-10H2,1-2H3,(H,18,21)/t12-,13+/m1/s1. The first-order valence-electron chi connectivity index (χ1n) is 8.42. The van der Waals surface area contributed by atoms with Crippen molar-refractivity contribution >= 4 is 34.9 Å². The third-order valence-corrected chi connectivity index (χ3v) is 6.81. The second-order valence-corrected chi connectivity index (χ2v) is 9.01. The van der Waals surface area contributed by atoms with E-state index in [0.717, 1.165) is 17.2 Å². The van der Waals surface area contributed by atoms with Crippen molar-refractivity contribution in [2.75, 3.05) is 32.6 Å². The fourth-order valence-corrected chi connectivity index (χ4v) is 5.25. The van der Waals surface area contributed by atoms with E-state index in [1.165, 1.54) is 35.5 Å². The SMILES string of the molecule is CCSc1ccc(C(=O)N[C@H]2CN(C(=O)COC)C[C@@H]2C2CC2)s1. The normalized spacial score (nSPS) is 23.5. The van der Waals surface area contributed by atoms with E-state index in [9.17, 15) is 9.59 Å². The number of carbonyl (C=O) groups is 2. The molecule has 2 heterocycles. The minimum absolute atomic E-state index is 0.0117. The summed E-state index contributed by atoms with van der Waals surface area (Å²) in [6, 6.07) is 3.96. The molecule has 1 aliphatic carbocycles. The van der Waals surface area contributed by atoms with Crippen molar-refractivity contribution in [2.24, 2.45) is 11.8 Å². The van der Waals surface area contributed by atoms with Crippen molar-refractivity contribution in [3.8, 4) is 0 Å². The van der Waals surface area contributed by atoms with Crippen molar-refractivity contribution in [3.63, 3.8) is 0 Å². The Morgan fingerprint density at radius 1 is 1.38 bits per heavy atom. The summed E-state index contributed by atoms with van der Waals surface area (Å²) in [5.74, 6) is 2.02. The number of thioether (sulfide) groups is 1. The highest BCUT2D eigenvalue weighted by atomic mass is 32.2. The van der Waals surface area contributed by atoms with E-state index in [1.54, 1.807) is 11.8 Å². The quantitative estimate of drug-likeness (QED) is 0.751. The third-order valence-electron chi connectivity index (χ3n) is 4.62. The number of amides is 2. The number of rotatable bonds is 7. The molecule has 1 aromatic heterocycles. The predicted molar refractivity (Wildman–Crippen MR) is 96.6 cm³/mol. The monoisotopic (exact) mass is 368 g/mol. The molecule has 2 aliphatic rings. The molecule has 0 radical (unpaired) electrons. The van der Waals surface area contributed by atoms with Crippen LogP contribution in [0.5, 0.6) is 0 Å². The molecule has 0 unspecified atom stereocenters. The van der Waals surface area contributed by atoms with Crippen molar-refractivity contribution in [1.82, 2.24) is 10.2 Å². The van der Waals surface area contributed by atoms with Crippen LogP contribution in [0.2, 0.25) is 0 Å². The van der Waals surface area contributed by atoms with Gasteiger partial charge in [-0.3, -0.25) is 9.59 Å². The van der Waals surface area contributed by atoms with Crippen LogP contribution >= 0.6 is 23.1 Å². The second kappa shape index (κ2) is 7.89. The van der Waals surface area contributed by atoms with Crippen molar-refractivity contribution < 1.29 is 14.3 Å². The van der Waals surface area contributed by atoms with E-state index in [4.69, 9.17) is 4.74 Å². The molecule has 1 aliphatic heterocycles. The van der Waals surface area contributed by atoms with Gasteiger partial charge in [-0.25, -0.2) is 0 Å². The van der Waals surface area contributed by atoms with Crippen molar-refractivity contribution in [2.45, 2.75) is 30.0 Å². The summed E-state index contributed by atoms with van der Waals surface area (Å²) in [5, 5.41) is 3.18. The van der Waals surface area contributed by atoms with Crippen molar-refractivity contribution in [1.29, 1.82) is 0 Å². The summed E-state index contributed by atoms with van der Waals surface area (Å²) in [6.07, 6.45) is 2.42. The van der Waals surface area contributed by atoms with Gasteiger partial charge >= 0.3 is 0 Å². The molecule has 2 fully saturated rings. The van der Waals surface area contributed by atoms with E-state index >= 15 is 0 Å². The molecule has 3 rings (SSSR count). The molecule has 0 aromatic carbocycles. The smallest absolute Gasteiger partial charge is 0.261 e. The number of thiophene rings is 1. The second-order valence-electron chi connectivity index (χ2n) is 6.36. The molecular formula is C17H24N2O3S2. The Hall–Kier alpha value is -1.05. The zero-order chi connectivity index (χ0) is 17.1. The van der Waals surface area contributed by atoms with E-state index in [-0.39, 0.29) is 24.5 Å². The van der Waals surface area contributed by atoms with Gasteiger partial charge < -0.3 is 15.0 Å². The number of hydrogen-bond acceptors (Lipinski definition) is 5. The van der Waals surface area contributed by atoms with Gasteiger partial charge in [-0.2, -0.15) is 0 Å². The molecular weight excluding hydrogens is 344 g/mol. The highest BCUT2D eigenvalue weighted by molar-refractivity contribution is 8.01. The number of carbonyl (C=O) groups excluding carboxylic acids is 2. The summed E-state index contributed by atoms with van der Waals surface area (Å²) >= 11 is 3.29. The molecule has 1 N–H and O–H groups in total. The lowest BCUT2D eigenvalue weighted by molar-refractivity contribution is -0.134. The fraction of sp³-hybridized carbons (Fsp3) is 0.647. The van der Waals surface area contributed by atoms with E-state index < -0.39 is 0 Å². The molecule has 2 amide bonds. The third kappa shape index (κ3) is 4.13. The van der Waals surface area contributed by atoms with Gasteiger partial charge in [-0.05, 0) is 36.6 Å². The lowest BCUT2D eigenvalue weighted by atomic mass is 9.98. The molecule has 0 bridgehead atoms. The molecule has 7 heteroatoms. The predicted octanol–water partition coefficient (Wildman–Crippen LogP) is 2.47. The van der Waals surface area contributed by atoms with Gasteiger partial charge in [0, 0.05) is 26.1 Å². The van der Waals surface area contributed by atoms with Gasteiger partial charge in [0.05, 0.1) is 15.1 Å². The molecule has 1 aromatic rings. The van der Waals surface area contributed by atoms with Crippen LogP contribution in [0.4, 0.5) is 0 Å². The maximum atomic E-state index is 12.6. The first-order chi connectivity index (χ1) is 11.6.